The fraction of sp³-hybridized carbons (Fsp3) is 0.238. The van der Waals surface area contributed by atoms with Crippen LogP contribution in [0.1, 0.15) is 40.5 Å². The van der Waals surface area contributed by atoms with Gasteiger partial charge >= 0.3 is 5.97 Å². The lowest BCUT2D eigenvalue weighted by molar-refractivity contribution is -0.148. The topological polar surface area (TPSA) is 98.8 Å². The Morgan fingerprint density at radius 1 is 0.857 bits per heavy atom. The largest absolute Gasteiger partial charge is 0.494 e. The maximum Gasteiger partial charge on any atom is 0.306 e. The van der Waals surface area contributed by atoms with Crippen molar-refractivity contribution in [2.45, 2.75) is 19.8 Å². The molecule has 7 nitrogen and oxygen atoms in total. The Morgan fingerprint density at radius 3 is 2.18 bits per heavy atom. The molecular weight excluding hydrogens is 362 g/mol. The first kappa shape index (κ1) is 20.8. The minimum atomic E-state index is -0.736. The second-order valence-corrected chi connectivity index (χ2v) is 5.78. The fourth-order valence-electron chi connectivity index (χ4n) is 2.31. The van der Waals surface area contributed by atoms with Gasteiger partial charge in [0.15, 0.2) is 12.4 Å². The highest BCUT2D eigenvalue weighted by Crippen LogP contribution is 2.14. The molecule has 1 N–H and O–H groups in total. The Bertz CT molecular complexity index is 830. The van der Waals surface area contributed by atoms with Crippen molar-refractivity contribution in [2.24, 2.45) is 0 Å². The number of Topliss-reactive ketones (excluding diaryl/α,β-unsaturated/α-hetero) is 1. The first-order valence-electron chi connectivity index (χ1n) is 8.80. The molecule has 28 heavy (non-hydrogen) atoms. The number of nitrogens with one attached hydrogen (secondary N) is 1. The first-order chi connectivity index (χ1) is 13.5. The van der Waals surface area contributed by atoms with Crippen molar-refractivity contribution in [1.29, 1.82) is 0 Å². The van der Waals surface area contributed by atoms with E-state index in [2.05, 4.69) is 5.32 Å². The van der Waals surface area contributed by atoms with Gasteiger partial charge in [0.05, 0.1) is 13.0 Å². The molecule has 0 saturated carbocycles. The van der Waals surface area contributed by atoms with Crippen LogP contribution in [0.4, 0.5) is 0 Å². The van der Waals surface area contributed by atoms with E-state index in [1.165, 1.54) is 0 Å². The van der Waals surface area contributed by atoms with Gasteiger partial charge in [-0.3, -0.25) is 24.5 Å². The van der Waals surface area contributed by atoms with E-state index < -0.39 is 24.4 Å². The summed E-state index contributed by atoms with van der Waals surface area (Å²) in [4.78, 5) is 47.3. The van der Waals surface area contributed by atoms with Crippen molar-refractivity contribution in [3.8, 4) is 5.75 Å². The van der Waals surface area contributed by atoms with E-state index in [-0.39, 0.29) is 18.6 Å². The second kappa shape index (κ2) is 10.6. The van der Waals surface area contributed by atoms with Crippen LogP contribution in [-0.4, -0.2) is 36.8 Å². The number of amides is 2. The number of ether oxygens (including phenoxy) is 2. The van der Waals surface area contributed by atoms with Crippen molar-refractivity contribution in [1.82, 2.24) is 5.32 Å². The molecule has 2 rings (SSSR count). The summed E-state index contributed by atoms with van der Waals surface area (Å²) >= 11 is 0. The van der Waals surface area contributed by atoms with Crippen molar-refractivity contribution < 1.29 is 28.7 Å². The Balaban J connectivity index is 1.71. The maximum absolute atomic E-state index is 12.1. The standard InChI is InChI=1S/C21H21NO6/c1-2-27-17-10-8-15(9-11-17)18(23)12-13-20(25)28-14-19(24)22-21(26)16-6-4-3-5-7-16/h3-11H,2,12-14H2,1H3,(H,22,24,26). The highest BCUT2D eigenvalue weighted by molar-refractivity contribution is 6.05. The summed E-state index contributed by atoms with van der Waals surface area (Å²) in [5.74, 6) is -1.56. The van der Waals surface area contributed by atoms with Crippen LogP contribution in [0.25, 0.3) is 0 Å². The molecule has 0 unspecified atom stereocenters. The van der Waals surface area contributed by atoms with E-state index in [4.69, 9.17) is 9.47 Å². The summed E-state index contributed by atoms with van der Waals surface area (Å²) in [6.45, 7) is 1.81. The van der Waals surface area contributed by atoms with Gasteiger partial charge in [-0.1, -0.05) is 18.2 Å². The molecule has 0 radical (unpaired) electrons. The van der Waals surface area contributed by atoms with E-state index in [0.29, 0.717) is 23.5 Å². The van der Waals surface area contributed by atoms with Gasteiger partial charge in [0.25, 0.3) is 11.8 Å². The van der Waals surface area contributed by atoms with Crippen molar-refractivity contribution in [3.05, 3.63) is 65.7 Å². The lowest BCUT2D eigenvalue weighted by Crippen LogP contribution is -2.34. The lowest BCUT2D eigenvalue weighted by Gasteiger charge is -2.06. The van der Waals surface area contributed by atoms with Crippen LogP contribution in [-0.2, 0) is 14.3 Å². The SMILES string of the molecule is CCOc1ccc(C(=O)CCC(=O)OCC(=O)NC(=O)c2ccccc2)cc1. The molecule has 0 aliphatic rings. The molecule has 2 amide bonds. The van der Waals surface area contributed by atoms with Crippen molar-refractivity contribution in [3.63, 3.8) is 0 Å². The van der Waals surface area contributed by atoms with Crippen LogP contribution in [0.5, 0.6) is 5.75 Å². The van der Waals surface area contributed by atoms with Gasteiger partial charge < -0.3 is 9.47 Å². The number of benzene rings is 2. The molecule has 0 aromatic heterocycles. The molecule has 0 saturated heterocycles. The van der Waals surface area contributed by atoms with Crippen LogP contribution < -0.4 is 10.1 Å². The molecule has 146 valence electrons. The third-order valence-corrected chi connectivity index (χ3v) is 3.70. The van der Waals surface area contributed by atoms with Gasteiger partial charge in [0, 0.05) is 17.5 Å². The van der Waals surface area contributed by atoms with E-state index in [1.54, 1.807) is 54.6 Å². The molecular formula is C21H21NO6. The average molecular weight is 383 g/mol. The number of esters is 1. The van der Waals surface area contributed by atoms with Crippen LogP contribution in [0.2, 0.25) is 0 Å². The highest BCUT2D eigenvalue weighted by atomic mass is 16.5. The number of carbonyl (C=O) groups is 4. The summed E-state index contributed by atoms with van der Waals surface area (Å²) in [6.07, 6.45) is -0.205. The third kappa shape index (κ3) is 6.68. The smallest absolute Gasteiger partial charge is 0.306 e. The molecule has 2 aromatic rings. The lowest BCUT2D eigenvalue weighted by atomic mass is 10.1. The molecule has 0 heterocycles. The highest BCUT2D eigenvalue weighted by Gasteiger charge is 2.14. The summed E-state index contributed by atoms with van der Waals surface area (Å²) in [5.41, 5.74) is 0.783. The zero-order valence-corrected chi connectivity index (χ0v) is 15.5. The number of rotatable bonds is 9. The molecule has 0 atom stereocenters. The first-order valence-corrected chi connectivity index (χ1v) is 8.80. The van der Waals surface area contributed by atoms with Gasteiger partial charge in [0.1, 0.15) is 5.75 Å². The maximum atomic E-state index is 12.1. The summed E-state index contributed by atoms with van der Waals surface area (Å²) in [5, 5.41) is 2.12. The Labute approximate surface area is 162 Å². The summed E-state index contributed by atoms with van der Waals surface area (Å²) in [6, 6.07) is 14.8. The predicted molar refractivity (Wildman–Crippen MR) is 101 cm³/mol. The van der Waals surface area contributed by atoms with Crippen LogP contribution in [0.15, 0.2) is 54.6 Å². The number of ketones is 1. The molecule has 0 spiro atoms. The Hall–Kier alpha value is -3.48. The minimum Gasteiger partial charge on any atom is -0.494 e. The zero-order valence-electron chi connectivity index (χ0n) is 15.5. The second-order valence-electron chi connectivity index (χ2n) is 5.78. The minimum absolute atomic E-state index is 0.0443. The Morgan fingerprint density at radius 2 is 1.54 bits per heavy atom. The van der Waals surface area contributed by atoms with Crippen LogP contribution in [0, 0.1) is 0 Å². The molecule has 0 aliphatic carbocycles. The molecule has 0 bridgehead atoms. The molecule has 0 aliphatic heterocycles. The summed E-state index contributed by atoms with van der Waals surface area (Å²) < 4.78 is 10.1. The molecule has 2 aromatic carbocycles. The third-order valence-electron chi connectivity index (χ3n) is 3.70. The molecule has 0 fully saturated rings. The molecule has 7 heteroatoms. The van der Waals surface area contributed by atoms with Gasteiger partial charge in [-0.05, 0) is 43.3 Å². The summed E-state index contributed by atoms with van der Waals surface area (Å²) in [7, 11) is 0. The van der Waals surface area contributed by atoms with Crippen molar-refractivity contribution >= 4 is 23.6 Å². The number of hydrogen-bond acceptors (Lipinski definition) is 6. The number of imide groups is 1. The number of hydrogen-bond donors (Lipinski definition) is 1. The zero-order chi connectivity index (χ0) is 20.4. The fourth-order valence-corrected chi connectivity index (χ4v) is 2.31. The Kier molecular flexibility index (Phi) is 7.90. The average Bonchev–Trinajstić information content (AvgIpc) is 2.72. The van der Waals surface area contributed by atoms with Gasteiger partial charge in [-0.15, -0.1) is 0 Å². The normalized spacial score (nSPS) is 10.0. The van der Waals surface area contributed by atoms with Gasteiger partial charge in [0.2, 0.25) is 0 Å². The van der Waals surface area contributed by atoms with E-state index >= 15 is 0 Å². The number of carbonyl (C=O) groups excluding carboxylic acids is 4. The quantitative estimate of drug-likeness (QED) is 0.528. The van der Waals surface area contributed by atoms with Gasteiger partial charge in [-0.2, -0.15) is 0 Å². The predicted octanol–water partition coefficient (Wildman–Crippen LogP) is 2.55. The van der Waals surface area contributed by atoms with Crippen molar-refractivity contribution in [2.75, 3.05) is 13.2 Å². The van der Waals surface area contributed by atoms with Gasteiger partial charge in [-0.25, -0.2) is 0 Å². The van der Waals surface area contributed by atoms with E-state index in [0.717, 1.165) is 0 Å². The monoisotopic (exact) mass is 383 g/mol. The van der Waals surface area contributed by atoms with E-state index in [1.807, 2.05) is 6.92 Å². The van der Waals surface area contributed by atoms with E-state index in [9.17, 15) is 19.2 Å². The van der Waals surface area contributed by atoms with Crippen LogP contribution >= 0.6 is 0 Å². The van der Waals surface area contributed by atoms with Crippen LogP contribution in [0.3, 0.4) is 0 Å².